The van der Waals surface area contributed by atoms with Crippen molar-refractivity contribution in [2.45, 2.75) is 194 Å². The lowest BCUT2D eigenvalue weighted by atomic mass is 9.83. The predicted molar refractivity (Wildman–Crippen MR) is 261 cm³/mol. The smallest absolute Gasteiger partial charge is 0.338 e. The molecule has 12 rings (SSSR count). The van der Waals surface area contributed by atoms with Gasteiger partial charge in [-0.05, 0) is 87.3 Å². The molecule has 74 heavy (non-hydrogen) atoms. The van der Waals surface area contributed by atoms with Crippen molar-refractivity contribution in [3.05, 3.63) is 95.1 Å². The second-order valence-electron chi connectivity index (χ2n) is 21.8. The molecule has 9 saturated heterocycles. The van der Waals surface area contributed by atoms with Crippen molar-refractivity contribution in [2.24, 2.45) is 5.92 Å². The third-order valence-electron chi connectivity index (χ3n) is 16.8. The highest BCUT2D eigenvalue weighted by Gasteiger charge is 2.69. The molecule has 0 N–H and O–H groups in total. The zero-order chi connectivity index (χ0) is 51.1. The maximum atomic E-state index is 14.7. The van der Waals surface area contributed by atoms with Crippen molar-refractivity contribution in [2.75, 3.05) is 34.0 Å². The van der Waals surface area contributed by atoms with Gasteiger partial charge in [-0.1, -0.05) is 48.6 Å². The fourth-order valence-electron chi connectivity index (χ4n) is 13.3. The number of carbonyl (C=O) groups is 4. The molecular weight excluding hydrogens is 957 g/mol. The summed E-state index contributed by atoms with van der Waals surface area (Å²) in [6.07, 6.45) is 0.0812. The van der Waals surface area contributed by atoms with E-state index in [4.69, 9.17) is 61.6 Å². The van der Waals surface area contributed by atoms with Gasteiger partial charge in [0, 0.05) is 58.7 Å². The summed E-state index contributed by atoms with van der Waals surface area (Å²) in [5.41, 5.74) is 3.59. The SMILES string of the molecule is C=C1C[C@@H]2CC[C@@]34CC5O[C@H]6[C@@H](O3)[C@H]3O[C@H](CC[C@@H]3O[C@H]6[C@H]5O4)CC(=O)C[C@@H]3[C@@H](OC)[C@@H](C[C@@H](COC(=O)c4ccccc4)OC(=O)c4ccccc4)O[C@H]3C[C@H]3O[C@@H](CCC1O2)CC(C)=C3COC(=O)COC. The van der Waals surface area contributed by atoms with E-state index in [1.807, 2.05) is 6.92 Å². The van der Waals surface area contributed by atoms with Crippen LogP contribution in [0.25, 0.3) is 0 Å². The molecule has 18 atom stereocenters. The number of fused-ring (bicyclic) bond motifs is 6. The second-order valence-corrected chi connectivity index (χ2v) is 21.8. The molecule has 0 aromatic heterocycles. The summed E-state index contributed by atoms with van der Waals surface area (Å²) < 4.78 is 84.1. The van der Waals surface area contributed by atoms with Gasteiger partial charge in [-0.2, -0.15) is 0 Å². The van der Waals surface area contributed by atoms with Gasteiger partial charge in [0.05, 0.1) is 72.2 Å². The number of carbonyl (C=O) groups excluding carboxylic acids is 4. The number of hydrogen-bond donors (Lipinski definition) is 0. The molecule has 2 aromatic rings. The second kappa shape index (κ2) is 22.3. The predicted octanol–water partition coefficient (Wildman–Crippen LogP) is 6.51. The number of ketones is 1. The normalized spacial score (nSPS) is 39.0. The molecule has 10 aliphatic rings. The van der Waals surface area contributed by atoms with Crippen molar-refractivity contribution in [3.63, 3.8) is 0 Å². The van der Waals surface area contributed by atoms with E-state index in [1.165, 1.54) is 7.11 Å². The average Bonchev–Trinajstić information content (AvgIpc) is 4.08. The highest BCUT2D eigenvalue weighted by atomic mass is 16.8. The van der Waals surface area contributed by atoms with Crippen LogP contribution in [-0.4, -0.2) is 161 Å². The summed E-state index contributed by atoms with van der Waals surface area (Å²) in [4.78, 5) is 54.5. The van der Waals surface area contributed by atoms with Crippen LogP contribution in [-0.2, 0) is 71.2 Å². The standard InChI is InChI=1S/C57H70O17/c1-31-21-36-15-17-42-32(2)22-38(66-42)19-20-57-27-47-51(73-57)52-53(72-47)54(74-57)50-43(71-52)18-16-37(68-50)23-35(58)24-40-44(26-45(67-36)41(31)29-64-48(59)30-62-3)70-46(49(40)63-4)25-39(69-56(61)34-13-9-6-10-14-34)28-65-55(60)33-11-7-5-8-12-33/h5-14,36-40,42-47,49-54H,2,15-30H2,1,3-4H3/t36-,37+,38-,39-,40-,42?,43-,44-,45+,46+,47?,49+,50-,51-,52-,53+,54-,57-/m0/s1. The molecular formula is C57H70O17. The Bertz CT molecular complexity index is 2390. The Morgan fingerprint density at radius 2 is 1.38 bits per heavy atom. The number of Topliss-reactive ketones (excluding diaryl/α,β-unsaturated/α-hetero) is 1. The van der Waals surface area contributed by atoms with E-state index >= 15 is 0 Å². The van der Waals surface area contributed by atoms with Gasteiger partial charge in [0.1, 0.15) is 62.2 Å². The van der Waals surface area contributed by atoms with Crippen LogP contribution in [0.5, 0.6) is 0 Å². The van der Waals surface area contributed by atoms with Crippen LogP contribution in [0.2, 0.25) is 0 Å². The lowest BCUT2D eigenvalue weighted by Gasteiger charge is -2.47. The van der Waals surface area contributed by atoms with E-state index in [-0.39, 0.29) is 93.7 Å². The number of esters is 3. The van der Waals surface area contributed by atoms with E-state index in [0.29, 0.717) is 62.5 Å². The van der Waals surface area contributed by atoms with E-state index in [9.17, 15) is 19.2 Å². The van der Waals surface area contributed by atoms with Crippen LogP contribution in [0, 0.1) is 5.92 Å². The first-order valence-electron chi connectivity index (χ1n) is 26.7. The summed E-state index contributed by atoms with van der Waals surface area (Å²) in [6, 6.07) is 17.2. The topological polar surface area (TPSA) is 188 Å². The van der Waals surface area contributed by atoms with Gasteiger partial charge in [0.15, 0.2) is 5.79 Å². The van der Waals surface area contributed by atoms with E-state index < -0.39 is 78.4 Å². The lowest BCUT2D eigenvalue weighted by Crippen LogP contribution is -2.61. The quantitative estimate of drug-likeness (QED) is 0.127. The van der Waals surface area contributed by atoms with Gasteiger partial charge in [-0.15, -0.1) is 0 Å². The Morgan fingerprint density at radius 1 is 0.689 bits per heavy atom. The summed E-state index contributed by atoms with van der Waals surface area (Å²) in [5, 5.41) is 0. The molecule has 400 valence electrons. The van der Waals surface area contributed by atoms with Gasteiger partial charge in [-0.3, -0.25) is 4.79 Å². The number of ether oxygens (including phenoxy) is 13. The van der Waals surface area contributed by atoms with Crippen molar-refractivity contribution >= 4 is 23.7 Å². The zero-order valence-corrected chi connectivity index (χ0v) is 42.5. The monoisotopic (exact) mass is 1030 g/mol. The molecule has 17 nitrogen and oxygen atoms in total. The van der Waals surface area contributed by atoms with Crippen LogP contribution < -0.4 is 0 Å². The third kappa shape index (κ3) is 10.9. The van der Waals surface area contributed by atoms with Crippen LogP contribution >= 0.6 is 0 Å². The molecule has 2 unspecified atom stereocenters. The maximum Gasteiger partial charge on any atom is 0.338 e. The van der Waals surface area contributed by atoms with Gasteiger partial charge in [0.2, 0.25) is 0 Å². The largest absolute Gasteiger partial charge is 0.459 e. The number of hydrogen-bond acceptors (Lipinski definition) is 17. The average molecular weight is 1030 g/mol. The molecule has 0 saturated carbocycles. The van der Waals surface area contributed by atoms with E-state index in [0.717, 1.165) is 29.6 Å². The summed E-state index contributed by atoms with van der Waals surface area (Å²) in [5.74, 6) is -3.08. The van der Waals surface area contributed by atoms with Crippen LogP contribution in [0.3, 0.4) is 0 Å². The molecule has 0 aliphatic carbocycles. The molecule has 0 amide bonds. The van der Waals surface area contributed by atoms with Crippen LogP contribution in [0.4, 0.5) is 0 Å². The Balaban J connectivity index is 0.891. The highest BCUT2D eigenvalue weighted by Crippen LogP contribution is 2.54. The molecule has 12 bridgehead atoms. The van der Waals surface area contributed by atoms with Crippen LogP contribution in [0.15, 0.2) is 84.0 Å². The molecule has 0 radical (unpaired) electrons. The van der Waals surface area contributed by atoms with Gasteiger partial charge in [0.25, 0.3) is 0 Å². The third-order valence-corrected chi connectivity index (χ3v) is 16.8. The highest BCUT2D eigenvalue weighted by molar-refractivity contribution is 5.90. The minimum absolute atomic E-state index is 0.0116. The minimum atomic E-state index is -0.966. The molecule has 1 spiro atoms. The lowest BCUT2D eigenvalue weighted by molar-refractivity contribution is -0.292. The minimum Gasteiger partial charge on any atom is -0.459 e. The Labute approximate surface area is 432 Å². The van der Waals surface area contributed by atoms with Crippen molar-refractivity contribution in [3.8, 4) is 0 Å². The molecule has 10 heterocycles. The summed E-state index contributed by atoms with van der Waals surface area (Å²) in [7, 11) is 3.03. The van der Waals surface area contributed by atoms with E-state index in [1.54, 1.807) is 67.8 Å². The Kier molecular flexibility index (Phi) is 15.6. The fraction of sp³-hybridized carbons (Fsp3) is 0.649. The zero-order valence-electron chi connectivity index (χ0n) is 42.5. The first kappa shape index (κ1) is 51.7. The molecule has 2 aromatic carbocycles. The van der Waals surface area contributed by atoms with Gasteiger partial charge < -0.3 is 61.6 Å². The van der Waals surface area contributed by atoms with Crippen molar-refractivity contribution in [1.82, 2.24) is 0 Å². The van der Waals surface area contributed by atoms with Crippen molar-refractivity contribution < 1.29 is 80.8 Å². The number of methoxy groups -OCH3 is 2. The molecule has 10 aliphatic heterocycles. The first-order chi connectivity index (χ1) is 35.9. The van der Waals surface area contributed by atoms with Gasteiger partial charge >= 0.3 is 17.9 Å². The Morgan fingerprint density at radius 3 is 2.15 bits per heavy atom. The summed E-state index contributed by atoms with van der Waals surface area (Å²) in [6.45, 7) is 6.03. The Hall–Kier alpha value is -4.40. The van der Waals surface area contributed by atoms with Crippen molar-refractivity contribution in [1.29, 1.82) is 0 Å². The molecule has 9 fully saturated rings. The van der Waals surface area contributed by atoms with Gasteiger partial charge in [-0.25, -0.2) is 14.4 Å². The van der Waals surface area contributed by atoms with E-state index in [2.05, 4.69) is 6.58 Å². The fourth-order valence-corrected chi connectivity index (χ4v) is 13.3. The molecule has 17 heteroatoms. The number of rotatable bonds is 12. The first-order valence-corrected chi connectivity index (χ1v) is 26.7. The maximum absolute atomic E-state index is 14.7. The number of benzene rings is 2. The summed E-state index contributed by atoms with van der Waals surface area (Å²) >= 11 is 0. The van der Waals surface area contributed by atoms with Crippen LogP contribution in [0.1, 0.15) is 111 Å².